The van der Waals surface area contributed by atoms with Gasteiger partial charge < -0.3 is 20.9 Å². The van der Waals surface area contributed by atoms with Crippen molar-refractivity contribution in [3.63, 3.8) is 0 Å². The first-order valence-electron chi connectivity index (χ1n) is 6.67. The van der Waals surface area contributed by atoms with E-state index in [1.165, 1.54) is 0 Å². The smallest absolute Gasteiger partial charge is 0.475 e. The summed E-state index contributed by atoms with van der Waals surface area (Å²) in [6.07, 6.45) is -1.00. The van der Waals surface area contributed by atoms with Gasteiger partial charge in [0.15, 0.2) is 0 Å². The molecule has 0 saturated carbocycles. The molecule has 6 nitrogen and oxygen atoms in total. The number of aliphatic carboxylic acids is 1. The molecular weight excluding hydrogens is 293 g/mol. The zero-order chi connectivity index (χ0) is 16.0. The minimum absolute atomic E-state index is 0.273. The van der Waals surface area contributed by atoms with E-state index in [9.17, 15) is 18.0 Å². The Bertz CT molecular complexity index is 370. The maximum Gasteiger partial charge on any atom is 0.490 e. The van der Waals surface area contributed by atoms with Crippen molar-refractivity contribution < 1.29 is 32.6 Å². The van der Waals surface area contributed by atoms with Crippen LogP contribution in [0.1, 0.15) is 25.7 Å². The van der Waals surface area contributed by atoms with Gasteiger partial charge in [0, 0.05) is 0 Å². The third-order valence-corrected chi connectivity index (χ3v) is 3.52. The number of hydrogen-bond donors (Lipinski definition) is 3. The van der Waals surface area contributed by atoms with Crippen molar-refractivity contribution in [2.45, 2.75) is 44.1 Å². The molecule has 2 aliphatic rings. The van der Waals surface area contributed by atoms with Crippen LogP contribution in [0.3, 0.4) is 0 Å². The van der Waals surface area contributed by atoms with Crippen LogP contribution in [0.25, 0.3) is 0 Å². The van der Waals surface area contributed by atoms with E-state index in [1.807, 2.05) is 0 Å². The minimum atomic E-state index is -5.08. The van der Waals surface area contributed by atoms with E-state index in [2.05, 4.69) is 5.32 Å². The van der Waals surface area contributed by atoms with Crippen LogP contribution < -0.4 is 11.1 Å². The number of rotatable bonds is 2. The standard InChI is InChI=1S/C10H18N2O2.C2HF3O2/c11-10(13)9-2-1-8(14-9)7-3-5-12-6-4-7;3-2(4,5)1(6)7/h7-9,12H,1-6H2,(H2,11,13);(H,6,7)/t8-,9+;/m1./s1. The summed E-state index contributed by atoms with van der Waals surface area (Å²) >= 11 is 0. The van der Waals surface area contributed by atoms with Crippen LogP contribution in [0.15, 0.2) is 0 Å². The van der Waals surface area contributed by atoms with Crippen molar-refractivity contribution in [2.24, 2.45) is 11.7 Å². The Kier molecular flexibility index (Phi) is 6.41. The number of carboxylic acids is 1. The van der Waals surface area contributed by atoms with Gasteiger partial charge in [-0.05, 0) is 44.7 Å². The van der Waals surface area contributed by atoms with Crippen molar-refractivity contribution in [3.8, 4) is 0 Å². The molecule has 21 heavy (non-hydrogen) atoms. The molecule has 2 saturated heterocycles. The second-order valence-corrected chi connectivity index (χ2v) is 5.03. The number of nitrogens with two attached hydrogens (primary N) is 1. The number of carbonyl (C=O) groups is 2. The lowest BCUT2D eigenvalue weighted by Gasteiger charge is -2.27. The van der Waals surface area contributed by atoms with E-state index >= 15 is 0 Å². The van der Waals surface area contributed by atoms with Crippen LogP contribution in [0.2, 0.25) is 0 Å². The first kappa shape index (κ1) is 17.7. The van der Waals surface area contributed by atoms with Gasteiger partial charge in [0.2, 0.25) is 5.91 Å². The number of carbonyl (C=O) groups excluding carboxylic acids is 1. The van der Waals surface area contributed by atoms with Gasteiger partial charge in [0.05, 0.1) is 6.10 Å². The summed E-state index contributed by atoms with van der Waals surface area (Å²) in [6, 6.07) is 0. The summed E-state index contributed by atoms with van der Waals surface area (Å²) in [4.78, 5) is 19.8. The van der Waals surface area contributed by atoms with E-state index in [0.29, 0.717) is 5.92 Å². The van der Waals surface area contributed by atoms with Gasteiger partial charge >= 0.3 is 12.1 Å². The molecule has 2 fully saturated rings. The fourth-order valence-electron chi connectivity index (χ4n) is 2.43. The van der Waals surface area contributed by atoms with Gasteiger partial charge in [-0.2, -0.15) is 13.2 Å². The first-order valence-corrected chi connectivity index (χ1v) is 6.67. The molecule has 0 aromatic rings. The largest absolute Gasteiger partial charge is 0.490 e. The fraction of sp³-hybridized carbons (Fsp3) is 0.833. The molecule has 2 heterocycles. The lowest BCUT2D eigenvalue weighted by molar-refractivity contribution is -0.192. The molecule has 0 aromatic carbocycles. The highest BCUT2D eigenvalue weighted by molar-refractivity contribution is 5.79. The zero-order valence-corrected chi connectivity index (χ0v) is 11.4. The monoisotopic (exact) mass is 312 g/mol. The quantitative estimate of drug-likeness (QED) is 0.695. The van der Waals surface area contributed by atoms with Crippen LogP contribution in [-0.4, -0.2) is 48.5 Å². The Hall–Kier alpha value is -1.35. The summed E-state index contributed by atoms with van der Waals surface area (Å²) in [5.74, 6) is -2.44. The Morgan fingerprint density at radius 2 is 1.67 bits per heavy atom. The van der Waals surface area contributed by atoms with Crippen molar-refractivity contribution in [3.05, 3.63) is 0 Å². The SMILES string of the molecule is NC(=O)[C@@H]1CC[C@H](C2CCNCC2)O1.O=C(O)C(F)(F)F. The summed E-state index contributed by atoms with van der Waals surface area (Å²) in [5.41, 5.74) is 5.21. The number of halogens is 3. The lowest BCUT2D eigenvalue weighted by atomic mass is 9.91. The summed E-state index contributed by atoms with van der Waals surface area (Å²) in [5, 5.41) is 10.4. The van der Waals surface area contributed by atoms with Gasteiger partial charge in [-0.25, -0.2) is 4.79 Å². The van der Waals surface area contributed by atoms with Crippen LogP contribution >= 0.6 is 0 Å². The summed E-state index contributed by atoms with van der Waals surface area (Å²) in [6.45, 7) is 2.15. The number of piperidine rings is 1. The number of amides is 1. The maximum absolute atomic E-state index is 10.9. The molecule has 0 unspecified atom stereocenters. The zero-order valence-electron chi connectivity index (χ0n) is 11.4. The number of alkyl halides is 3. The molecule has 0 radical (unpaired) electrons. The van der Waals surface area contributed by atoms with Crippen molar-refractivity contribution in [1.29, 1.82) is 0 Å². The van der Waals surface area contributed by atoms with Crippen LogP contribution in [0, 0.1) is 5.92 Å². The third kappa shape index (κ3) is 5.88. The number of hydrogen-bond acceptors (Lipinski definition) is 4. The predicted octanol–water partition coefficient (Wildman–Crippen LogP) is 0.652. The second-order valence-electron chi connectivity index (χ2n) is 5.03. The average molecular weight is 312 g/mol. The van der Waals surface area contributed by atoms with Crippen molar-refractivity contribution in [1.82, 2.24) is 5.32 Å². The molecule has 122 valence electrons. The molecule has 1 amide bonds. The summed E-state index contributed by atoms with van der Waals surface area (Å²) in [7, 11) is 0. The molecule has 4 N–H and O–H groups in total. The van der Waals surface area contributed by atoms with Crippen molar-refractivity contribution >= 4 is 11.9 Å². The number of ether oxygens (including phenoxy) is 1. The van der Waals surface area contributed by atoms with Gasteiger partial charge in [0.1, 0.15) is 6.10 Å². The Balaban J connectivity index is 0.000000270. The molecule has 2 rings (SSSR count). The highest BCUT2D eigenvalue weighted by atomic mass is 19.4. The Morgan fingerprint density at radius 3 is 2.05 bits per heavy atom. The van der Waals surface area contributed by atoms with Crippen LogP contribution in [0.5, 0.6) is 0 Å². The van der Waals surface area contributed by atoms with E-state index in [0.717, 1.165) is 38.8 Å². The number of nitrogens with one attached hydrogen (secondary N) is 1. The maximum atomic E-state index is 10.9. The molecule has 0 aliphatic carbocycles. The lowest BCUT2D eigenvalue weighted by Crippen LogP contribution is -2.35. The third-order valence-electron chi connectivity index (χ3n) is 3.52. The second kappa shape index (κ2) is 7.60. The van der Waals surface area contributed by atoms with E-state index in [4.69, 9.17) is 20.4 Å². The van der Waals surface area contributed by atoms with Crippen LogP contribution in [-0.2, 0) is 14.3 Å². The summed E-state index contributed by atoms with van der Waals surface area (Å²) < 4.78 is 37.4. The number of primary amides is 1. The highest BCUT2D eigenvalue weighted by Gasteiger charge is 2.38. The average Bonchev–Trinajstić information content (AvgIpc) is 2.89. The van der Waals surface area contributed by atoms with Crippen LogP contribution in [0.4, 0.5) is 13.2 Å². The van der Waals surface area contributed by atoms with Gasteiger partial charge in [-0.15, -0.1) is 0 Å². The topological polar surface area (TPSA) is 102 Å². The predicted molar refractivity (Wildman–Crippen MR) is 66.4 cm³/mol. The molecular formula is C12H19F3N2O4. The van der Waals surface area contributed by atoms with Crippen molar-refractivity contribution in [2.75, 3.05) is 13.1 Å². The Labute approximate surface area is 119 Å². The fourth-order valence-corrected chi connectivity index (χ4v) is 2.43. The van der Waals surface area contributed by atoms with E-state index < -0.39 is 12.1 Å². The highest BCUT2D eigenvalue weighted by Crippen LogP contribution is 2.29. The molecule has 9 heteroatoms. The molecule has 2 atom stereocenters. The van der Waals surface area contributed by atoms with Gasteiger partial charge in [-0.3, -0.25) is 4.79 Å². The molecule has 0 spiro atoms. The van der Waals surface area contributed by atoms with Gasteiger partial charge in [0.25, 0.3) is 0 Å². The normalized spacial score (nSPS) is 26.8. The molecule has 2 aliphatic heterocycles. The molecule has 0 aromatic heterocycles. The minimum Gasteiger partial charge on any atom is -0.475 e. The van der Waals surface area contributed by atoms with Gasteiger partial charge in [-0.1, -0.05) is 0 Å². The Morgan fingerprint density at radius 1 is 1.14 bits per heavy atom. The van der Waals surface area contributed by atoms with E-state index in [-0.39, 0.29) is 18.1 Å². The number of carboxylic acid groups (broad SMARTS) is 1. The van der Waals surface area contributed by atoms with E-state index in [1.54, 1.807) is 0 Å². The first-order chi connectivity index (χ1) is 9.71. The molecule has 0 bridgehead atoms.